The third-order valence-corrected chi connectivity index (χ3v) is 6.40. The average Bonchev–Trinajstić information content (AvgIpc) is 3.50. The van der Waals surface area contributed by atoms with Crippen LogP contribution in [0, 0.1) is 5.92 Å². The van der Waals surface area contributed by atoms with Gasteiger partial charge in [0.05, 0.1) is 12.5 Å². The first kappa shape index (κ1) is 19.2. The van der Waals surface area contributed by atoms with E-state index in [9.17, 15) is 9.59 Å². The predicted octanol–water partition coefficient (Wildman–Crippen LogP) is 4.31. The molecule has 2 saturated carbocycles. The van der Waals surface area contributed by atoms with Crippen LogP contribution in [-0.2, 0) is 16.1 Å². The van der Waals surface area contributed by atoms with Gasteiger partial charge in [-0.3, -0.25) is 9.59 Å². The Morgan fingerprint density at radius 3 is 2.64 bits per heavy atom. The normalized spacial score (nSPS) is 21.8. The highest BCUT2D eigenvalue weighted by atomic mass is 16.2. The summed E-state index contributed by atoms with van der Waals surface area (Å²) in [7, 11) is 0. The fraction of sp³-hybridized carbons (Fsp3) is 0.583. The molecule has 0 radical (unpaired) electrons. The molecule has 28 heavy (non-hydrogen) atoms. The molecular weight excluding hydrogens is 348 g/mol. The van der Waals surface area contributed by atoms with Crippen molar-refractivity contribution in [3.63, 3.8) is 0 Å². The van der Waals surface area contributed by atoms with Crippen LogP contribution >= 0.6 is 0 Å². The molecule has 0 saturated heterocycles. The van der Waals surface area contributed by atoms with Gasteiger partial charge in [0, 0.05) is 25.2 Å². The van der Waals surface area contributed by atoms with Gasteiger partial charge >= 0.3 is 0 Å². The van der Waals surface area contributed by atoms with Gasteiger partial charge in [0.25, 0.3) is 5.91 Å². The lowest BCUT2D eigenvalue weighted by Crippen LogP contribution is -2.37. The molecule has 150 valence electrons. The second-order valence-electron chi connectivity index (χ2n) is 8.64. The molecule has 1 aliphatic heterocycles. The summed E-state index contributed by atoms with van der Waals surface area (Å²) in [4.78, 5) is 30.4. The van der Waals surface area contributed by atoms with Crippen molar-refractivity contribution in [1.29, 1.82) is 0 Å². The Hall–Kier alpha value is -2.10. The van der Waals surface area contributed by atoms with Crippen LogP contribution in [0.1, 0.15) is 63.9 Å². The maximum atomic E-state index is 13.3. The second-order valence-corrected chi connectivity index (χ2v) is 8.64. The monoisotopic (exact) mass is 380 g/mol. The molecule has 1 unspecified atom stereocenters. The standard InChI is InChI=1S/C24H32N2O2/c1-2-14-25(16-19-12-13-19)23(27)15-21-20-10-6-7-11-22(20)26(24(21)28)17-18-8-4-3-5-9-18/h3-5,8-9,19,22H,2,6-7,10-17H2,1H3. The van der Waals surface area contributed by atoms with Crippen LogP contribution in [0.3, 0.4) is 0 Å². The maximum absolute atomic E-state index is 13.3. The number of rotatable bonds is 8. The van der Waals surface area contributed by atoms with Crippen molar-refractivity contribution in [3.05, 3.63) is 47.0 Å². The molecule has 2 fully saturated rings. The molecule has 0 N–H and O–H groups in total. The number of fused-ring (bicyclic) bond motifs is 1. The van der Waals surface area contributed by atoms with Crippen molar-refractivity contribution in [2.75, 3.05) is 13.1 Å². The first-order chi connectivity index (χ1) is 13.7. The molecule has 2 amide bonds. The van der Waals surface area contributed by atoms with Crippen LogP contribution in [0.15, 0.2) is 41.5 Å². The van der Waals surface area contributed by atoms with E-state index < -0.39 is 0 Å². The van der Waals surface area contributed by atoms with Gasteiger partial charge in [0.1, 0.15) is 0 Å². The molecule has 1 atom stereocenters. The van der Waals surface area contributed by atoms with Gasteiger partial charge < -0.3 is 9.80 Å². The van der Waals surface area contributed by atoms with Crippen molar-refractivity contribution < 1.29 is 9.59 Å². The Morgan fingerprint density at radius 1 is 1.14 bits per heavy atom. The fourth-order valence-corrected chi connectivity index (χ4v) is 4.76. The maximum Gasteiger partial charge on any atom is 0.251 e. The zero-order chi connectivity index (χ0) is 19.5. The van der Waals surface area contributed by atoms with Crippen LogP contribution in [0.2, 0.25) is 0 Å². The molecule has 3 aliphatic rings. The van der Waals surface area contributed by atoms with Gasteiger partial charge in [-0.1, -0.05) is 43.7 Å². The molecule has 4 heteroatoms. The van der Waals surface area contributed by atoms with Gasteiger partial charge in [-0.15, -0.1) is 0 Å². The molecule has 4 nitrogen and oxygen atoms in total. The number of carbonyl (C=O) groups is 2. The van der Waals surface area contributed by atoms with Crippen molar-refractivity contribution in [2.24, 2.45) is 5.92 Å². The number of amides is 2. The van der Waals surface area contributed by atoms with E-state index >= 15 is 0 Å². The summed E-state index contributed by atoms with van der Waals surface area (Å²) in [5, 5.41) is 0. The highest BCUT2D eigenvalue weighted by Gasteiger charge is 2.41. The van der Waals surface area contributed by atoms with E-state index in [0.29, 0.717) is 18.9 Å². The van der Waals surface area contributed by atoms with Crippen molar-refractivity contribution in [1.82, 2.24) is 9.80 Å². The van der Waals surface area contributed by atoms with Crippen molar-refractivity contribution in [2.45, 2.75) is 70.9 Å². The van der Waals surface area contributed by atoms with Gasteiger partial charge in [-0.05, 0) is 55.6 Å². The lowest BCUT2D eigenvalue weighted by molar-refractivity contribution is -0.133. The van der Waals surface area contributed by atoms with Crippen LogP contribution in [0.4, 0.5) is 0 Å². The molecule has 1 aromatic rings. The zero-order valence-electron chi connectivity index (χ0n) is 17.0. The number of benzene rings is 1. The largest absolute Gasteiger partial charge is 0.342 e. The van der Waals surface area contributed by atoms with Gasteiger partial charge in [-0.25, -0.2) is 0 Å². The summed E-state index contributed by atoms with van der Waals surface area (Å²) in [6.07, 6.45) is 8.06. The number of hydrogen-bond donors (Lipinski definition) is 0. The summed E-state index contributed by atoms with van der Waals surface area (Å²) in [5.41, 5.74) is 3.22. The van der Waals surface area contributed by atoms with Crippen LogP contribution in [-0.4, -0.2) is 40.7 Å². The Morgan fingerprint density at radius 2 is 1.93 bits per heavy atom. The van der Waals surface area contributed by atoms with Gasteiger partial charge in [0.15, 0.2) is 0 Å². The fourth-order valence-electron chi connectivity index (χ4n) is 4.76. The van der Waals surface area contributed by atoms with E-state index in [1.165, 1.54) is 18.4 Å². The van der Waals surface area contributed by atoms with E-state index in [-0.39, 0.29) is 17.9 Å². The zero-order valence-corrected chi connectivity index (χ0v) is 17.0. The van der Waals surface area contributed by atoms with Crippen LogP contribution < -0.4 is 0 Å². The first-order valence-electron chi connectivity index (χ1n) is 11.0. The Bertz CT molecular complexity index is 751. The van der Waals surface area contributed by atoms with E-state index in [4.69, 9.17) is 0 Å². The molecule has 1 aromatic carbocycles. The van der Waals surface area contributed by atoms with E-state index in [0.717, 1.165) is 56.3 Å². The summed E-state index contributed by atoms with van der Waals surface area (Å²) < 4.78 is 0. The van der Waals surface area contributed by atoms with Gasteiger partial charge in [-0.2, -0.15) is 0 Å². The number of carbonyl (C=O) groups excluding carboxylic acids is 2. The van der Waals surface area contributed by atoms with Crippen molar-refractivity contribution >= 4 is 11.8 Å². The molecule has 0 spiro atoms. The highest BCUT2D eigenvalue weighted by Crippen LogP contribution is 2.39. The number of nitrogens with zero attached hydrogens (tertiary/aromatic N) is 2. The minimum atomic E-state index is 0.0990. The van der Waals surface area contributed by atoms with E-state index in [1.807, 2.05) is 28.0 Å². The average molecular weight is 381 g/mol. The molecule has 1 heterocycles. The van der Waals surface area contributed by atoms with E-state index in [1.54, 1.807) is 0 Å². The first-order valence-corrected chi connectivity index (χ1v) is 11.0. The van der Waals surface area contributed by atoms with Crippen molar-refractivity contribution in [3.8, 4) is 0 Å². The van der Waals surface area contributed by atoms with Crippen LogP contribution in [0.5, 0.6) is 0 Å². The van der Waals surface area contributed by atoms with Crippen LogP contribution in [0.25, 0.3) is 0 Å². The smallest absolute Gasteiger partial charge is 0.251 e. The second kappa shape index (κ2) is 8.50. The molecular formula is C24H32N2O2. The van der Waals surface area contributed by atoms with E-state index in [2.05, 4.69) is 19.1 Å². The summed E-state index contributed by atoms with van der Waals surface area (Å²) >= 11 is 0. The minimum absolute atomic E-state index is 0.0990. The third kappa shape index (κ3) is 4.16. The molecule has 4 rings (SSSR count). The predicted molar refractivity (Wildman–Crippen MR) is 110 cm³/mol. The molecule has 0 aromatic heterocycles. The Kier molecular flexibility index (Phi) is 5.84. The SMILES string of the molecule is CCCN(CC1CC1)C(=O)CC1=C2CCCCC2N(Cc2ccccc2)C1=O. The third-order valence-electron chi connectivity index (χ3n) is 6.40. The summed E-state index contributed by atoms with van der Waals surface area (Å²) in [6, 6.07) is 10.4. The quantitative estimate of drug-likeness (QED) is 0.674. The lowest BCUT2D eigenvalue weighted by Gasteiger charge is -2.30. The summed E-state index contributed by atoms with van der Waals surface area (Å²) in [5.74, 6) is 0.932. The van der Waals surface area contributed by atoms with Gasteiger partial charge in [0.2, 0.25) is 5.91 Å². The Balaban J connectivity index is 1.51. The number of hydrogen-bond acceptors (Lipinski definition) is 2. The Labute approximate surface area is 168 Å². The minimum Gasteiger partial charge on any atom is -0.342 e. The topological polar surface area (TPSA) is 40.6 Å². The highest BCUT2D eigenvalue weighted by molar-refractivity contribution is 6.02. The molecule has 0 bridgehead atoms. The molecule has 2 aliphatic carbocycles. The summed E-state index contributed by atoms with van der Waals surface area (Å²) in [6.45, 7) is 4.45. The lowest BCUT2D eigenvalue weighted by atomic mass is 9.88.